The third-order valence-electron chi connectivity index (χ3n) is 4.33. The van der Waals surface area contributed by atoms with Gasteiger partial charge in [0.2, 0.25) is 0 Å². The van der Waals surface area contributed by atoms with E-state index in [4.69, 9.17) is 0 Å². The fraction of sp³-hybridized carbons (Fsp3) is 0.444. The van der Waals surface area contributed by atoms with Crippen LogP contribution in [0.4, 0.5) is 0 Å². The molecule has 2 aromatic rings. The summed E-state index contributed by atoms with van der Waals surface area (Å²) >= 11 is 0. The Hall–Kier alpha value is -2.34. The van der Waals surface area contributed by atoms with E-state index in [9.17, 15) is 4.79 Å². The van der Waals surface area contributed by atoms with Crippen LogP contribution in [0.3, 0.4) is 0 Å². The monoisotopic (exact) mass is 325 g/mol. The number of piperidine rings is 1. The van der Waals surface area contributed by atoms with Gasteiger partial charge in [0.15, 0.2) is 0 Å². The van der Waals surface area contributed by atoms with E-state index in [0.717, 1.165) is 49.4 Å². The molecule has 3 rings (SSSR count). The Morgan fingerprint density at radius 1 is 1.33 bits per heavy atom. The molecule has 24 heavy (non-hydrogen) atoms. The second-order valence-electron chi connectivity index (χ2n) is 6.11. The van der Waals surface area contributed by atoms with Gasteiger partial charge in [0, 0.05) is 31.1 Å². The number of carbonyl (C=O) groups is 1. The number of aryl methyl sites for hydroxylation is 1. The van der Waals surface area contributed by atoms with Gasteiger partial charge in [0.05, 0.1) is 11.3 Å². The molecule has 3 heterocycles. The van der Waals surface area contributed by atoms with Gasteiger partial charge in [-0.3, -0.25) is 9.78 Å². The Morgan fingerprint density at radius 2 is 2.17 bits per heavy atom. The van der Waals surface area contributed by atoms with Gasteiger partial charge >= 0.3 is 0 Å². The number of nitrogens with zero attached hydrogens (tertiary/aromatic N) is 3. The van der Waals surface area contributed by atoms with E-state index in [1.807, 2.05) is 25.3 Å². The van der Waals surface area contributed by atoms with Crippen LogP contribution in [0.5, 0.6) is 0 Å². The molecule has 6 nitrogen and oxygen atoms in total. The maximum atomic E-state index is 12.6. The molecule has 1 amide bonds. The predicted octanol–water partition coefficient (Wildman–Crippen LogP) is 1.62. The lowest BCUT2D eigenvalue weighted by atomic mass is 9.91. The minimum Gasteiger partial charge on any atom is -0.352 e. The molecule has 1 aliphatic heterocycles. The van der Waals surface area contributed by atoms with Crippen LogP contribution >= 0.6 is 0 Å². The van der Waals surface area contributed by atoms with Gasteiger partial charge in [0.25, 0.3) is 5.91 Å². The summed E-state index contributed by atoms with van der Waals surface area (Å²) in [5.41, 5.74) is 2.61. The molecule has 126 valence electrons. The number of rotatable bonds is 5. The Labute approximate surface area is 142 Å². The van der Waals surface area contributed by atoms with Crippen molar-refractivity contribution in [3.8, 4) is 0 Å². The second kappa shape index (κ2) is 7.97. The number of carbonyl (C=O) groups excluding carboxylic acids is 1. The van der Waals surface area contributed by atoms with Crippen molar-refractivity contribution in [2.75, 3.05) is 19.6 Å². The van der Waals surface area contributed by atoms with Gasteiger partial charge in [-0.25, -0.2) is 9.97 Å². The van der Waals surface area contributed by atoms with Gasteiger partial charge < -0.3 is 10.6 Å². The van der Waals surface area contributed by atoms with Gasteiger partial charge in [-0.2, -0.15) is 0 Å². The normalized spacial score (nSPS) is 15.2. The quantitative estimate of drug-likeness (QED) is 0.873. The predicted molar refractivity (Wildman–Crippen MR) is 91.9 cm³/mol. The summed E-state index contributed by atoms with van der Waals surface area (Å²) in [5.74, 6) is 0.954. The van der Waals surface area contributed by atoms with Crippen LogP contribution in [-0.4, -0.2) is 40.5 Å². The minimum absolute atomic E-state index is 0.0903. The highest BCUT2D eigenvalue weighted by molar-refractivity contribution is 5.95. The molecule has 2 N–H and O–H groups in total. The van der Waals surface area contributed by atoms with Crippen molar-refractivity contribution in [1.29, 1.82) is 0 Å². The molecule has 0 atom stereocenters. The van der Waals surface area contributed by atoms with Crippen LogP contribution in [0.1, 0.15) is 46.2 Å². The fourth-order valence-electron chi connectivity index (χ4n) is 3.03. The second-order valence-corrected chi connectivity index (χ2v) is 6.11. The van der Waals surface area contributed by atoms with Crippen LogP contribution in [0.15, 0.2) is 30.7 Å². The number of aromatic nitrogens is 3. The van der Waals surface area contributed by atoms with E-state index in [2.05, 4.69) is 25.6 Å². The van der Waals surface area contributed by atoms with E-state index < -0.39 is 0 Å². The molecule has 0 aliphatic carbocycles. The van der Waals surface area contributed by atoms with Gasteiger partial charge in [-0.15, -0.1) is 0 Å². The molecular formula is C18H23N5O. The van der Waals surface area contributed by atoms with Gasteiger partial charge in [-0.05, 0) is 50.9 Å². The van der Waals surface area contributed by atoms with Crippen molar-refractivity contribution >= 4 is 5.91 Å². The van der Waals surface area contributed by atoms with Crippen LogP contribution < -0.4 is 10.6 Å². The molecule has 1 fully saturated rings. The zero-order valence-corrected chi connectivity index (χ0v) is 14.0. The van der Waals surface area contributed by atoms with Gasteiger partial charge in [0.1, 0.15) is 5.82 Å². The molecule has 0 spiro atoms. The summed E-state index contributed by atoms with van der Waals surface area (Å²) in [4.78, 5) is 25.5. The number of pyridine rings is 1. The molecule has 0 aromatic carbocycles. The SMILES string of the molecule is Cc1ncc(C(=O)NCCc2cccnc2)c(C2CCNCC2)n1. The molecule has 1 aliphatic rings. The maximum absolute atomic E-state index is 12.6. The average Bonchev–Trinajstić information content (AvgIpc) is 2.63. The zero-order chi connectivity index (χ0) is 16.8. The number of amides is 1. The Bertz CT molecular complexity index is 683. The fourth-order valence-corrected chi connectivity index (χ4v) is 3.03. The third kappa shape index (κ3) is 4.14. The highest BCUT2D eigenvalue weighted by Crippen LogP contribution is 2.26. The zero-order valence-electron chi connectivity index (χ0n) is 14.0. The molecule has 1 saturated heterocycles. The maximum Gasteiger partial charge on any atom is 0.254 e. The van der Waals surface area contributed by atoms with E-state index in [-0.39, 0.29) is 5.91 Å². The van der Waals surface area contributed by atoms with E-state index in [1.165, 1.54) is 0 Å². The largest absolute Gasteiger partial charge is 0.352 e. The lowest BCUT2D eigenvalue weighted by molar-refractivity contribution is 0.0951. The van der Waals surface area contributed by atoms with E-state index in [0.29, 0.717) is 18.0 Å². The first-order valence-electron chi connectivity index (χ1n) is 8.45. The van der Waals surface area contributed by atoms with Crippen LogP contribution in [0.25, 0.3) is 0 Å². The number of hydrogen-bond acceptors (Lipinski definition) is 5. The summed E-state index contributed by atoms with van der Waals surface area (Å²) < 4.78 is 0. The molecule has 0 saturated carbocycles. The first kappa shape index (κ1) is 16.5. The van der Waals surface area contributed by atoms with E-state index >= 15 is 0 Å². The summed E-state index contributed by atoms with van der Waals surface area (Å²) in [5, 5.41) is 6.33. The molecule has 0 unspecified atom stereocenters. The highest BCUT2D eigenvalue weighted by Gasteiger charge is 2.23. The average molecular weight is 325 g/mol. The van der Waals surface area contributed by atoms with Crippen LogP contribution in [0, 0.1) is 6.92 Å². The van der Waals surface area contributed by atoms with Crippen molar-refractivity contribution in [2.45, 2.75) is 32.1 Å². The first-order valence-corrected chi connectivity index (χ1v) is 8.45. The van der Waals surface area contributed by atoms with Crippen molar-refractivity contribution in [3.05, 3.63) is 53.4 Å². The van der Waals surface area contributed by atoms with Crippen molar-refractivity contribution in [1.82, 2.24) is 25.6 Å². The van der Waals surface area contributed by atoms with Crippen LogP contribution in [0.2, 0.25) is 0 Å². The minimum atomic E-state index is -0.0903. The number of nitrogens with one attached hydrogen (secondary N) is 2. The summed E-state index contributed by atoms with van der Waals surface area (Å²) in [6.45, 7) is 4.38. The Kier molecular flexibility index (Phi) is 5.48. The van der Waals surface area contributed by atoms with Gasteiger partial charge in [-0.1, -0.05) is 6.07 Å². The molecule has 0 radical (unpaired) electrons. The first-order chi connectivity index (χ1) is 11.7. The smallest absolute Gasteiger partial charge is 0.254 e. The standard InChI is InChI=1S/C18H23N5O/c1-13-22-12-16(17(23-13)15-5-8-19-9-6-15)18(24)21-10-4-14-3-2-7-20-11-14/h2-3,7,11-12,15,19H,4-6,8-10H2,1H3,(H,21,24). The third-order valence-corrected chi connectivity index (χ3v) is 4.33. The van der Waals surface area contributed by atoms with E-state index in [1.54, 1.807) is 12.4 Å². The Balaban J connectivity index is 1.67. The van der Waals surface area contributed by atoms with Crippen molar-refractivity contribution < 1.29 is 4.79 Å². The Morgan fingerprint density at radius 3 is 2.92 bits per heavy atom. The summed E-state index contributed by atoms with van der Waals surface area (Å²) in [7, 11) is 0. The topological polar surface area (TPSA) is 79.8 Å². The molecule has 6 heteroatoms. The van der Waals surface area contributed by atoms with Crippen molar-refractivity contribution in [2.24, 2.45) is 0 Å². The number of hydrogen-bond donors (Lipinski definition) is 2. The molecule has 0 bridgehead atoms. The summed E-state index contributed by atoms with van der Waals surface area (Å²) in [6.07, 6.45) is 8.01. The van der Waals surface area contributed by atoms with Crippen molar-refractivity contribution in [3.63, 3.8) is 0 Å². The lowest BCUT2D eigenvalue weighted by Crippen LogP contribution is -2.31. The molecular weight excluding hydrogens is 302 g/mol. The molecule has 2 aromatic heterocycles. The van der Waals surface area contributed by atoms with Crippen LogP contribution in [-0.2, 0) is 6.42 Å². The summed E-state index contributed by atoms with van der Waals surface area (Å²) in [6, 6.07) is 3.91. The lowest BCUT2D eigenvalue weighted by Gasteiger charge is -2.24. The highest BCUT2D eigenvalue weighted by atomic mass is 16.1.